The fourth-order valence-electron chi connectivity index (χ4n) is 3.31. The van der Waals surface area contributed by atoms with Crippen molar-refractivity contribution in [2.75, 3.05) is 18.0 Å². The average Bonchev–Trinajstić information content (AvgIpc) is 3.16. The number of imidazole rings is 1. The molecule has 0 bridgehead atoms. The summed E-state index contributed by atoms with van der Waals surface area (Å²) >= 11 is 0. The Bertz CT molecular complexity index is 831. The Morgan fingerprint density at radius 1 is 0.960 bits per heavy atom. The Morgan fingerprint density at radius 2 is 1.72 bits per heavy atom. The van der Waals surface area contributed by atoms with Gasteiger partial charge in [-0.25, -0.2) is 19.9 Å². The molecule has 0 atom stereocenters. The summed E-state index contributed by atoms with van der Waals surface area (Å²) in [5, 5.41) is 0. The molecular weight excluding hydrogens is 314 g/mol. The van der Waals surface area contributed by atoms with Crippen LogP contribution in [0.4, 0.5) is 5.95 Å². The minimum atomic E-state index is 0.415. The number of hydrogen-bond acceptors (Lipinski definition) is 6. The molecule has 0 N–H and O–H groups in total. The van der Waals surface area contributed by atoms with Crippen molar-refractivity contribution < 1.29 is 0 Å². The predicted octanol–water partition coefficient (Wildman–Crippen LogP) is 2.45. The Hall–Kier alpha value is -2.83. The van der Waals surface area contributed by atoms with Gasteiger partial charge in [-0.1, -0.05) is 0 Å². The van der Waals surface area contributed by atoms with Gasteiger partial charge < -0.3 is 4.90 Å². The summed E-state index contributed by atoms with van der Waals surface area (Å²) in [6, 6.07) is 2.01. The fraction of sp³-hybridized carbons (Fsp3) is 0.389. The minimum Gasteiger partial charge on any atom is -0.341 e. The molecule has 4 rings (SSSR count). The van der Waals surface area contributed by atoms with E-state index >= 15 is 0 Å². The summed E-state index contributed by atoms with van der Waals surface area (Å²) in [6.07, 6.45) is 11.1. The predicted molar refractivity (Wildman–Crippen MR) is 94.8 cm³/mol. The molecule has 1 aliphatic rings. The molecule has 1 fully saturated rings. The third kappa shape index (κ3) is 3.35. The van der Waals surface area contributed by atoms with Crippen molar-refractivity contribution in [3.05, 3.63) is 54.3 Å². The molecule has 1 saturated heterocycles. The van der Waals surface area contributed by atoms with E-state index in [1.165, 1.54) is 0 Å². The number of rotatable bonds is 3. The second-order valence-corrected chi connectivity index (χ2v) is 6.48. The van der Waals surface area contributed by atoms with Crippen LogP contribution in [0.2, 0.25) is 0 Å². The first-order valence-electron chi connectivity index (χ1n) is 8.56. The third-order valence-electron chi connectivity index (χ3n) is 4.58. The highest BCUT2D eigenvalue weighted by molar-refractivity contribution is 5.33. The van der Waals surface area contributed by atoms with Gasteiger partial charge in [-0.05, 0) is 32.8 Å². The van der Waals surface area contributed by atoms with Crippen LogP contribution in [-0.4, -0.2) is 42.6 Å². The molecular formula is C18H21N7. The molecule has 0 saturated carbocycles. The van der Waals surface area contributed by atoms with Crippen molar-refractivity contribution in [3.8, 4) is 5.82 Å². The number of hydrogen-bond donors (Lipinski definition) is 0. The molecule has 7 nitrogen and oxygen atoms in total. The molecule has 3 aromatic heterocycles. The normalized spacial score (nSPS) is 15.5. The molecule has 7 heteroatoms. The standard InChI is InChI=1S/C18H21N7/c1-13-9-14(2)22-18(21-13)24-6-3-15(4-7-24)16-10-20-11-17(23-16)25-8-5-19-12-25/h5,8-12,15H,3-4,6-7H2,1-2H3. The second kappa shape index (κ2) is 6.58. The van der Waals surface area contributed by atoms with Crippen molar-refractivity contribution in [2.24, 2.45) is 0 Å². The SMILES string of the molecule is Cc1cc(C)nc(N2CCC(c3cncc(-n4ccnc4)n3)CC2)n1. The molecule has 0 aliphatic carbocycles. The summed E-state index contributed by atoms with van der Waals surface area (Å²) in [6.45, 7) is 5.90. The monoisotopic (exact) mass is 335 g/mol. The lowest BCUT2D eigenvalue weighted by molar-refractivity contribution is 0.488. The number of nitrogens with zero attached hydrogens (tertiary/aromatic N) is 7. The van der Waals surface area contributed by atoms with Gasteiger partial charge in [-0.2, -0.15) is 0 Å². The highest BCUT2D eigenvalue weighted by Crippen LogP contribution is 2.28. The summed E-state index contributed by atoms with van der Waals surface area (Å²) in [5.74, 6) is 2.07. The number of aromatic nitrogens is 6. The van der Waals surface area contributed by atoms with Gasteiger partial charge >= 0.3 is 0 Å². The van der Waals surface area contributed by atoms with Gasteiger partial charge in [0.2, 0.25) is 5.95 Å². The van der Waals surface area contributed by atoms with E-state index in [1.54, 1.807) is 18.7 Å². The van der Waals surface area contributed by atoms with E-state index in [2.05, 4.69) is 24.8 Å². The molecule has 128 valence electrons. The van der Waals surface area contributed by atoms with Crippen LogP contribution in [0.1, 0.15) is 35.8 Å². The zero-order chi connectivity index (χ0) is 17.2. The lowest BCUT2D eigenvalue weighted by atomic mass is 9.94. The highest BCUT2D eigenvalue weighted by atomic mass is 15.3. The Balaban J connectivity index is 1.48. The first-order valence-corrected chi connectivity index (χ1v) is 8.56. The molecule has 1 aliphatic heterocycles. The number of anilines is 1. The van der Waals surface area contributed by atoms with Gasteiger partial charge in [0.1, 0.15) is 6.33 Å². The van der Waals surface area contributed by atoms with Crippen LogP contribution >= 0.6 is 0 Å². The van der Waals surface area contributed by atoms with Crippen LogP contribution in [0.5, 0.6) is 0 Å². The molecule has 0 aromatic carbocycles. The summed E-state index contributed by atoms with van der Waals surface area (Å²) in [7, 11) is 0. The van der Waals surface area contributed by atoms with Gasteiger partial charge in [0.25, 0.3) is 0 Å². The highest BCUT2D eigenvalue weighted by Gasteiger charge is 2.24. The molecule has 4 heterocycles. The molecule has 0 amide bonds. The topological polar surface area (TPSA) is 72.6 Å². The zero-order valence-corrected chi connectivity index (χ0v) is 14.5. The van der Waals surface area contributed by atoms with Gasteiger partial charge in [-0.3, -0.25) is 9.55 Å². The summed E-state index contributed by atoms with van der Waals surface area (Å²) < 4.78 is 1.88. The van der Waals surface area contributed by atoms with Crippen molar-refractivity contribution in [2.45, 2.75) is 32.6 Å². The minimum absolute atomic E-state index is 0.415. The Morgan fingerprint density at radius 3 is 2.40 bits per heavy atom. The first-order chi connectivity index (χ1) is 12.2. The van der Waals surface area contributed by atoms with Crippen LogP contribution in [0.15, 0.2) is 37.2 Å². The van der Waals surface area contributed by atoms with Crippen molar-refractivity contribution in [1.29, 1.82) is 0 Å². The fourth-order valence-corrected chi connectivity index (χ4v) is 3.31. The van der Waals surface area contributed by atoms with E-state index in [0.717, 1.165) is 54.8 Å². The van der Waals surface area contributed by atoms with Crippen LogP contribution in [-0.2, 0) is 0 Å². The largest absolute Gasteiger partial charge is 0.341 e. The first kappa shape index (κ1) is 15.7. The van der Waals surface area contributed by atoms with Crippen LogP contribution in [0, 0.1) is 13.8 Å². The zero-order valence-electron chi connectivity index (χ0n) is 14.5. The maximum Gasteiger partial charge on any atom is 0.225 e. The quantitative estimate of drug-likeness (QED) is 0.732. The van der Waals surface area contributed by atoms with Crippen LogP contribution in [0.3, 0.4) is 0 Å². The summed E-state index contributed by atoms with van der Waals surface area (Å²) in [4.78, 5) is 24.6. The number of piperidine rings is 1. The lowest BCUT2D eigenvalue weighted by Crippen LogP contribution is -2.34. The van der Waals surface area contributed by atoms with E-state index in [1.807, 2.05) is 36.9 Å². The van der Waals surface area contributed by atoms with Crippen LogP contribution in [0.25, 0.3) is 5.82 Å². The third-order valence-corrected chi connectivity index (χ3v) is 4.58. The van der Waals surface area contributed by atoms with Gasteiger partial charge in [0.15, 0.2) is 5.82 Å². The van der Waals surface area contributed by atoms with Crippen molar-refractivity contribution in [1.82, 2.24) is 29.5 Å². The second-order valence-electron chi connectivity index (χ2n) is 6.48. The van der Waals surface area contributed by atoms with Crippen molar-refractivity contribution >= 4 is 5.95 Å². The number of aryl methyl sites for hydroxylation is 2. The maximum atomic E-state index is 4.78. The maximum absolute atomic E-state index is 4.78. The lowest BCUT2D eigenvalue weighted by Gasteiger charge is -2.32. The molecule has 0 spiro atoms. The van der Waals surface area contributed by atoms with Gasteiger partial charge in [0, 0.05) is 49.0 Å². The molecule has 25 heavy (non-hydrogen) atoms. The Labute approximate surface area is 146 Å². The van der Waals surface area contributed by atoms with E-state index in [9.17, 15) is 0 Å². The van der Waals surface area contributed by atoms with E-state index in [4.69, 9.17) is 4.98 Å². The van der Waals surface area contributed by atoms with Crippen molar-refractivity contribution in [3.63, 3.8) is 0 Å². The van der Waals surface area contributed by atoms with Gasteiger partial charge in [-0.15, -0.1) is 0 Å². The van der Waals surface area contributed by atoms with E-state index < -0.39 is 0 Å². The van der Waals surface area contributed by atoms with E-state index in [-0.39, 0.29) is 0 Å². The molecule has 0 radical (unpaired) electrons. The van der Waals surface area contributed by atoms with Gasteiger partial charge in [0.05, 0.1) is 11.9 Å². The average molecular weight is 335 g/mol. The smallest absolute Gasteiger partial charge is 0.225 e. The molecule has 0 unspecified atom stereocenters. The van der Waals surface area contributed by atoms with Crippen LogP contribution < -0.4 is 4.90 Å². The van der Waals surface area contributed by atoms with E-state index in [0.29, 0.717) is 5.92 Å². The Kier molecular flexibility index (Phi) is 4.13. The summed E-state index contributed by atoms with van der Waals surface area (Å²) in [5.41, 5.74) is 3.08. The molecule has 3 aromatic rings.